The molecule has 0 radical (unpaired) electrons. The Labute approximate surface area is 114 Å². The fourth-order valence-corrected chi connectivity index (χ4v) is 4.53. The highest BCUT2D eigenvalue weighted by molar-refractivity contribution is 7.09. The lowest BCUT2D eigenvalue weighted by Gasteiger charge is -2.18. The third-order valence-corrected chi connectivity index (χ3v) is 5.55. The number of rotatable bonds is 6. The van der Waals surface area contributed by atoms with Crippen molar-refractivity contribution in [3.8, 4) is 0 Å². The van der Waals surface area contributed by atoms with Gasteiger partial charge in [0.1, 0.15) is 0 Å². The largest absolute Gasteiger partial charge is 0.313 e. The standard InChI is InChI=1S/C15H24N2S/c1-2-7-17-14(8-11-9-16-10-18-11)15-12-5-3-4-6-13(12)15/h9-10,12-15,17H,2-8H2,1H3. The van der Waals surface area contributed by atoms with Crippen LogP contribution in [0.3, 0.4) is 0 Å². The van der Waals surface area contributed by atoms with Crippen molar-refractivity contribution in [2.45, 2.75) is 51.5 Å². The molecule has 2 aliphatic carbocycles. The molecular formula is C15H24N2S. The predicted molar refractivity (Wildman–Crippen MR) is 76.8 cm³/mol. The lowest BCUT2D eigenvalue weighted by molar-refractivity contribution is 0.430. The van der Waals surface area contributed by atoms with Crippen LogP contribution in [0, 0.1) is 17.8 Å². The monoisotopic (exact) mass is 264 g/mol. The van der Waals surface area contributed by atoms with Crippen molar-refractivity contribution in [2.24, 2.45) is 17.8 Å². The molecular weight excluding hydrogens is 240 g/mol. The molecule has 1 N–H and O–H groups in total. The van der Waals surface area contributed by atoms with E-state index in [4.69, 9.17) is 0 Å². The highest BCUT2D eigenvalue weighted by Crippen LogP contribution is 2.57. The fourth-order valence-electron chi connectivity index (χ4n) is 3.88. The van der Waals surface area contributed by atoms with E-state index in [9.17, 15) is 0 Å². The molecule has 100 valence electrons. The molecule has 1 aromatic rings. The average molecular weight is 264 g/mol. The number of nitrogens with zero attached hydrogens (tertiary/aromatic N) is 1. The summed E-state index contributed by atoms with van der Waals surface area (Å²) in [6.07, 6.45) is 10.4. The van der Waals surface area contributed by atoms with Gasteiger partial charge in [-0.3, -0.25) is 4.98 Å². The van der Waals surface area contributed by atoms with Crippen LogP contribution in [0.5, 0.6) is 0 Å². The van der Waals surface area contributed by atoms with Crippen LogP contribution in [0.4, 0.5) is 0 Å². The van der Waals surface area contributed by atoms with E-state index in [0.717, 1.165) is 17.8 Å². The minimum atomic E-state index is 0.707. The molecule has 0 bridgehead atoms. The molecule has 2 aliphatic rings. The second kappa shape index (κ2) is 5.70. The molecule has 3 heteroatoms. The Kier molecular flexibility index (Phi) is 4.00. The SMILES string of the molecule is CCCNC(Cc1cncs1)C1C2CCCCC21. The van der Waals surface area contributed by atoms with Gasteiger partial charge >= 0.3 is 0 Å². The quantitative estimate of drug-likeness (QED) is 0.851. The summed E-state index contributed by atoms with van der Waals surface area (Å²) in [7, 11) is 0. The molecule has 0 saturated heterocycles. The van der Waals surface area contributed by atoms with E-state index in [1.54, 1.807) is 0 Å². The zero-order valence-corrected chi connectivity index (χ0v) is 12.1. The van der Waals surface area contributed by atoms with Gasteiger partial charge in [0, 0.05) is 17.1 Å². The molecule has 1 heterocycles. The second-order valence-corrected chi connectivity index (χ2v) is 6.89. The van der Waals surface area contributed by atoms with Gasteiger partial charge in [0.05, 0.1) is 5.51 Å². The van der Waals surface area contributed by atoms with Gasteiger partial charge in [-0.1, -0.05) is 19.8 Å². The van der Waals surface area contributed by atoms with Crippen molar-refractivity contribution >= 4 is 11.3 Å². The smallest absolute Gasteiger partial charge is 0.0794 e. The van der Waals surface area contributed by atoms with E-state index >= 15 is 0 Å². The normalized spacial score (nSPS) is 31.9. The summed E-state index contributed by atoms with van der Waals surface area (Å²) in [5, 5.41) is 3.80. The van der Waals surface area contributed by atoms with Crippen LogP contribution in [-0.2, 0) is 6.42 Å². The highest BCUT2D eigenvalue weighted by Gasteiger charge is 2.53. The van der Waals surface area contributed by atoms with Gasteiger partial charge in [0.15, 0.2) is 0 Å². The van der Waals surface area contributed by atoms with E-state index in [-0.39, 0.29) is 0 Å². The third kappa shape index (κ3) is 2.62. The van der Waals surface area contributed by atoms with Gasteiger partial charge in [-0.05, 0) is 50.0 Å². The van der Waals surface area contributed by atoms with Crippen molar-refractivity contribution in [1.82, 2.24) is 10.3 Å². The lowest BCUT2D eigenvalue weighted by Crippen LogP contribution is -2.34. The number of thiazole rings is 1. The molecule has 18 heavy (non-hydrogen) atoms. The molecule has 3 atom stereocenters. The first kappa shape index (κ1) is 12.6. The summed E-state index contributed by atoms with van der Waals surface area (Å²) in [4.78, 5) is 5.67. The zero-order chi connectivity index (χ0) is 12.4. The molecule has 0 amide bonds. The first-order valence-electron chi connectivity index (χ1n) is 7.51. The molecule has 2 fully saturated rings. The van der Waals surface area contributed by atoms with E-state index < -0.39 is 0 Å². The van der Waals surface area contributed by atoms with Gasteiger partial charge in [-0.15, -0.1) is 11.3 Å². The Morgan fingerprint density at radius 3 is 2.78 bits per heavy atom. The number of hydrogen-bond acceptors (Lipinski definition) is 3. The summed E-state index contributed by atoms with van der Waals surface area (Å²) in [6.45, 7) is 3.43. The van der Waals surface area contributed by atoms with E-state index in [0.29, 0.717) is 6.04 Å². The Balaban J connectivity index is 1.62. The Morgan fingerprint density at radius 2 is 2.17 bits per heavy atom. The van der Waals surface area contributed by atoms with Crippen LogP contribution >= 0.6 is 11.3 Å². The van der Waals surface area contributed by atoms with Gasteiger partial charge in [-0.25, -0.2) is 0 Å². The van der Waals surface area contributed by atoms with Crippen LogP contribution in [-0.4, -0.2) is 17.6 Å². The molecule has 0 aromatic carbocycles. The summed E-state index contributed by atoms with van der Waals surface area (Å²) < 4.78 is 0. The average Bonchev–Trinajstić information content (AvgIpc) is 2.90. The minimum Gasteiger partial charge on any atom is -0.313 e. The van der Waals surface area contributed by atoms with Crippen LogP contribution in [0.25, 0.3) is 0 Å². The summed E-state index contributed by atoms with van der Waals surface area (Å²) >= 11 is 1.81. The van der Waals surface area contributed by atoms with Crippen LogP contribution in [0.15, 0.2) is 11.7 Å². The van der Waals surface area contributed by atoms with Crippen LogP contribution in [0.2, 0.25) is 0 Å². The molecule has 2 saturated carbocycles. The maximum atomic E-state index is 4.22. The predicted octanol–water partition coefficient (Wildman–Crippen LogP) is 3.49. The van der Waals surface area contributed by atoms with E-state index in [1.165, 1.54) is 49.9 Å². The number of aromatic nitrogens is 1. The number of hydrogen-bond donors (Lipinski definition) is 1. The Morgan fingerprint density at radius 1 is 1.39 bits per heavy atom. The minimum absolute atomic E-state index is 0.707. The molecule has 1 aromatic heterocycles. The van der Waals surface area contributed by atoms with Crippen molar-refractivity contribution in [2.75, 3.05) is 6.54 Å². The van der Waals surface area contributed by atoms with Crippen molar-refractivity contribution in [3.05, 3.63) is 16.6 Å². The summed E-state index contributed by atoms with van der Waals surface area (Å²) in [6, 6.07) is 0.707. The van der Waals surface area contributed by atoms with E-state index in [2.05, 4.69) is 23.4 Å². The van der Waals surface area contributed by atoms with Crippen LogP contribution in [0.1, 0.15) is 43.9 Å². The summed E-state index contributed by atoms with van der Waals surface area (Å²) in [5.41, 5.74) is 1.96. The van der Waals surface area contributed by atoms with Crippen LogP contribution < -0.4 is 5.32 Å². The molecule has 0 spiro atoms. The maximum absolute atomic E-state index is 4.22. The topological polar surface area (TPSA) is 24.9 Å². The van der Waals surface area contributed by atoms with Gasteiger partial charge < -0.3 is 5.32 Å². The zero-order valence-electron chi connectivity index (χ0n) is 11.3. The number of nitrogens with one attached hydrogen (secondary N) is 1. The molecule has 0 aliphatic heterocycles. The highest BCUT2D eigenvalue weighted by atomic mass is 32.1. The van der Waals surface area contributed by atoms with E-state index in [1.807, 2.05) is 16.8 Å². The first-order chi connectivity index (χ1) is 8.90. The first-order valence-corrected chi connectivity index (χ1v) is 8.39. The van der Waals surface area contributed by atoms with Crippen molar-refractivity contribution in [1.29, 1.82) is 0 Å². The van der Waals surface area contributed by atoms with Gasteiger partial charge in [0.2, 0.25) is 0 Å². The molecule has 2 nitrogen and oxygen atoms in total. The fraction of sp³-hybridized carbons (Fsp3) is 0.800. The van der Waals surface area contributed by atoms with Gasteiger partial charge in [-0.2, -0.15) is 0 Å². The lowest BCUT2D eigenvalue weighted by atomic mass is 10.0. The second-order valence-electron chi connectivity index (χ2n) is 5.92. The maximum Gasteiger partial charge on any atom is 0.0794 e. The molecule has 3 unspecified atom stereocenters. The summed E-state index contributed by atoms with van der Waals surface area (Å²) in [5.74, 6) is 3.04. The molecule has 3 rings (SSSR count). The number of fused-ring (bicyclic) bond motifs is 1. The van der Waals surface area contributed by atoms with Crippen molar-refractivity contribution in [3.63, 3.8) is 0 Å². The Bertz CT molecular complexity index is 351. The Hall–Kier alpha value is -0.410. The third-order valence-electron chi connectivity index (χ3n) is 4.75. The van der Waals surface area contributed by atoms with Gasteiger partial charge in [0.25, 0.3) is 0 Å². The van der Waals surface area contributed by atoms with Crippen molar-refractivity contribution < 1.29 is 0 Å².